The maximum atomic E-state index is 10.8. The van der Waals surface area contributed by atoms with Crippen LogP contribution in [0.15, 0.2) is 49.0 Å². The summed E-state index contributed by atoms with van der Waals surface area (Å²) in [6.07, 6.45) is 0. The number of aromatic carboxylic acids is 1. The van der Waals surface area contributed by atoms with Crippen LogP contribution in [0.3, 0.4) is 0 Å². The number of nitrogen functional groups attached to an aromatic ring is 1. The molecule has 0 heterocycles. The predicted molar refractivity (Wildman–Crippen MR) is 76.0 cm³/mol. The van der Waals surface area contributed by atoms with E-state index in [9.17, 15) is 9.90 Å². The highest BCUT2D eigenvalue weighted by molar-refractivity contribution is 5.89. The Morgan fingerprint density at radius 1 is 1.10 bits per heavy atom. The zero-order valence-corrected chi connectivity index (χ0v) is 10.5. The highest BCUT2D eigenvalue weighted by Gasteiger charge is 2.11. The molecule has 0 aliphatic carbocycles. The number of aliphatic hydroxyl groups is 1. The van der Waals surface area contributed by atoms with Gasteiger partial charge >= 0.3 is 5.97 Å². The predicted octanol–water partition coefficient (Wildman–Crippen LogP) is 3.29. The Morgan fingerprint density at radius 2 is 1.80 bits per heavy atom. The van der Waals surface area contributed by atoms with Crippen LogP contribution < -0.4 is 10.5 Å². The van der Waals surface area contributed by atoms with E-state index in [0.717, 1.165) is 0 Å². The van der Waals surface area contributed by atoms with Crippen molar-refractivity contribution in [3.05, 3.63) is 60.2 Å². The van der Waals surface area contributed by atoms with Gasteiger partial charge in [-0.3, -0.25) is 0 Å². The average Bonchev–Trinajstić information content (AvgIpc) is 2.41. The van der Waals surface area contributed by atoms with E-state index in [1.165, 1.54) is 18.2 Å². The van der Waals surface area contributed by atoms with Crippen LogP contribution in [0.2, 0.25) is 0 Å². The van der Waals surface area contributed by atoms with Gasteiger partial charge in [0.1, 0.15) is 17.3 Å². The van der Waals surface area contributed by atoms with Gasteiger partial charge in [-0.1, -0.05) is 18.7 Å². The molecule has 0 aliphatic heterocycles. The van der Waals surface area contributed by atoms with Crippen LogP contribution >= 0.6 is 0 Å². The van der Waals surface area contributed by atoms with E-state index in [1.54, 1.807) is 24.3 Å². The zero-order chi connectivity index (χ0) is 14.7. The summed E-state index contributed by atoms with van der Waals surface area (Å²) in [4.78, 5) is 10.8. The first-order valence-electron chi connectivity index (χ1n) is 5.77. The van der Waals surface area contributed by atoms with Gasteiger partial charge in [0.2, 0.25) is 0 Å². The Hall–Kier alpha value is -2.95. The molecule has 0 amide bonds. The van der Waals surface area contributed by atoms with E-state index < -0.39 is 5.97 Å². The monoisotopic (exact) mass is 271 g/mol. The second kappa shape index (κ2) is 5.36. The molecule has 0 aromatic heterocycles. The van der Waals surface area contributed by atoms with Crippen molar-refractivity contribution in [1.82, 2.24) is 0 Å². The number of ether oxygens (including phenoxy) is 1. The summed E-state index contributed by atoms with van der Waals surface area (Å²) in [7, 11) is 0. The first-order chi connectivity index (χ1) is 9.49. The van der Waals surface area contributed by atoms with Crippen LogP contribution in [-0.4, -0.2) is 16.2 Å². The van der Waals surface area contributed by atoms with Crippen molar-refractivity contribution in [3.8, 4) is 11.5 Å². The van der Waals surface area contributed by atoms with Gasteiger partial charge in [-0.25, -0.2) is 4.79 Å². The molecule has 0 aliphatic rings. The standard InChI is InChI=1S/C15H13NO4/c1-9(17)11-4-2-3-5-13(11)20-14-7-6-10(15(18)19)8-12(14)16/h2-8,17H,1,16H2,(H,18,19). The Balaban J connectivity index is 2.36. The number of hydrogen-bond acceptors (Lipinski definition) is 4. The fourth-order valence-electron chi connectivity index (χ4n) is 1.69. The van der Waals surface area contributed by atoms with Gasteiger partial charge in [-0.05, 0) is 30.3 Å². The molecule has 0 radical (unpaired) electrons. The smallest absolute Gasteiger partial charge is 0.335 e. The molecule has 2 rings (SSSR count). The third-order valence-electron chi connectivity index (χ3n) is 2.67. The van der Waals surface area contributed by atoms with E-state index >= 15 is 0 Å². The third kappa shape index (κ3) is 2.72. The molecule has 4 N–H and O–H groups in total. The van der Waals surface area contributed by atoms with Crippen LogP contribution in [0.5, 0.6) is 11.5 Å². The zero-order valence-electron chi connectivity index (χ0n) is 10.5. The minimum atomic E-state index is -1.06. The van der Waals surface area contributed by atoms with Gasteiger partial charge in [0, 0.05) is 0 Å². The number of anilines is 1. The normalized spacial score (nSPS) is 10.0. The Bertz CT molecular complexity index is 679. The van der Waals surface area contributed by atoms with Crippen molar-refractivity contribution in [2.24, 2.45) is 0 Å². The third-order valence-corrected chi connectivity index (χ3v) is 2.67. The number of carboxylic acids is 1. The molecular weight excluding hydrogens is 258 g/mol. The first kappa shape index (κ1) is 13.5. The van der Waals surface area contributed by atoms with Crippen LogP contribution in [-0.2, 0) is 0 Å². The largest absolute Gasteiger partial charge is 0.508 e. The summed E-state index contributed by atoms with van der Waals surface area (Å²) in [5, 5.41) is 18.4. The molecule has 0 saturated heterocycles. The minimum absolute atomic E-state index is 0.0784. The van der Waals surface area contributed by atoms with Gasteiger partial charge in [0.25, 0.3) is 0 Å². The lowest BCUT2D eigenvalue weighted by Crippen LogP contribution is -2.00. The van der Waals surface area contributed by atoms with Crippen LogP contribution in [0, 0.1) is 0 Å². The number of carbonyl (C=O) groups is 1. The fraction of sp³-hybridized carbons (Fsp3) is 0. The van der Waals surface area contributed by atoms with Crippen LogP contribution in [0.25, 0.3) is 5.76 Å². The minimum Gasteiger partial charge on any atom is -0.508 e. The molecule has 5 heteroatoms. The maximum absolute atomic E-state index is 10.8. The Labute approximate surface area is 115 Å². The first-order valence-corrected chi connectivity index (χ1v) is 5.77. The van der Waals surface area contributed by atoms with Crippen LogP contribution in [0.1, 0.15) is 15.9 Å². The van der Waals surface area contributed by atoms with Crippen molar-refractivity contribution in [2.75, 3.05) is 5.73 Å². The molecule has 0 bridgehead atoms. The van der Waals surface area contributed by atoms with Crippen LogP contribution in [0.4, 0.5) is 5.69 Å². The maximum Gasteiger partial charge on any atom is 0.335 e. The van der Waals surface area contributed by atoms with E-state index in [1.807, 2.05) is 0 Å². The number of rotatable bonds is 4. The molecule has 2 aromatic carbocycles. The Morgan fingerprint density at radius 3 is 2.40 bits per heavy atom. The van der Waals surface area contributed by atoms with Crippen molar-refractivity contribution < 1.29 is 19.7 Å². The molecule has 2 aromatic rings. The number of para-hydroxylation sites is 1. The van der Waals surface area contributed by atoms with Gasteiger partial charge in [-0.2, -0.15) is 0 Å². The summed E-state index contributed by atoms with van der Waals surface area (Å²) >= 11 is 0. The van der Waals surface area contributed by atoms with E-state index in [0.29, 0.717) is 17.1 Å². The average molecular weight is 271 g/mol. The number of nitrogens with two attached hydrogens (primary N) is 1. The van der Waals surface area contributed by atoms with Crippen molar-refractivity contribution in [1.29, 1.82) is 0 Å². The molecule has 0 fully saturated rings. The van der Waals surface area contributed by atoms with Crippen molar-refractivity contribution in [3.63, 3.8) is 0 Å². The number of carboxylic acid groups (broad SMARTS) is 1. The number of hydrogen-bond donors (Lipinski definition) is 3. The second-order valence-electron chi connectivity index (χ2n) is 4.10. The van der Waals surface area contributed by atoms with Crippen molar-refractivity contribution >= 4 is 17.4 Å². The molecule has 102 valence electrons. The lowest BCUT2D eigenvalue weighted by molar-refractivity contribution is 0.0697. The molecule has 0 atom stereocenters. The van der Waals surface area contributed by atoms with E-state index in [4.69, 9.17) is 15.6 Å². The SMILES string of the molecule is C=C(O)c1ccccc1Oc1ccc(C(=O)O)cc1N. The van der Waals surface area contributed by atoms with E-state index in [-0.39, 0.29) is 17.0 Å². The summed E-state index contributed by atoms with van der Waals surface area (Å²) in [5.41, 5.74) is 6.47. The molecule has 0 saturated carbocycles. The molecule has 5 nitrogen and oxygen atoms in total. The lowest BCUT2D eigenvalue weighted by atomic mass is 10.1. The summed E-state index contributed by atoms with van der Waals surface area (Å²) in [6, 6.07) is 11.0. The highest BCUT2D eigenvalue weighted by atomic mass is 16.5. The molecule has 0 spiro atoms. The molecule has 0 unspecified atom stereocenters. The quantitative estimate of drug-likeness (QED) is 0.586. The molecule has 20 heavy (non-hydrogen) atoms. The topological polar surface area (TPSA) is 92.8 Å². The Kier molecular flexibility index (Phi) is 3.61. The van der Waals surface area contributed by atoms with E-state index in [2.05, 4.69) is 6.58 Å². The molecular formula is C15H13NO4. The number of benzene rings is 2. The summed E-state index contributed by atoms with van der Waals surface area (Å²) in [5.74, 6) is -0.493. The van der Waals surface area contributed by atoms with Gasteiger partial charge in [0.05, 0.1) is 16.8 Å². The lowest BCUT2D eigenvalue weighted by Gasteiger charge is -2.12. The highest BCUT2D eigenvalue weighted by Crippen LogP contribution is 2.32. The van der Waals surface area contributed by atoms with Crippen molar-refractivity contribution in [2.45, 2.75) is 0 Å². The summed E-state index contributed by atoms with van der Waals surface area (Å²) in [6.45, 7) is 3.45. The van der Waals surface area contributed by atoms with Gasteiger partial charge < -0.3 is 20.7 Å². The number of aliphatic hydroxyl groups excluding tert-OH is 1. The summed E-state index contributed by atoms with van der Waals surface area (Å²) < 4.78 is 5.60. The fourth-order valence-corrected chi connectivity index (χ4v) is 1.69. The van der Waals surface area contributed by atoms with Gasteiger partial charge in [0.15, 0.2) is 0 Å². The second-order valence-corrected chi connectivity index (χ2v) is 4.10. The van der Waals surface area contributed by atoms with Gasteiger partial charge in [-0.15, -0.1) is 0 Å².